The van der Waals surface area contributed by atoms with Crippen LogP contribution in [0.2, 0.25) is 0 Å². The number of nitrogens with one attached hydrogen (secondary N) is 1. The minimum atomic E-state index is 0.592. The molecule has 1 N–H and O–H groups in total. The first-order valence-electron chi connectivity index (χ1n) is 10.6. The summed E-state index contributed by atoms with van der Waals surface area (Å²) in [5.41, 5.74) is 2.24. The van der Waals surface area contributed by atoms with E-state index in [1.807, 2.05) is 31.4 Å². The summed E-state index contributed by atoms with van der Waals surface area (Å²) in [6.45, 7) is 8.43. The van der Waals surface area contributed by atoms with Crippen LogP contribution in [0.3, 0.4) is 0 Å². The molecule has 1 aliphatic heterocycles. The number of hydrogen-bond donors (Lipinski definition) is 1. The van der Waals surface area contributed by atoms with Crippen molar-refractivity contribution < 1.29 is 4.74 Å². The van der Waals surface area contributed by atoms with E-state index in [1.165, 1.54) is 0 Å². The maximum atomic E-state index is 5.48. The third kappa shape index (κ3) is 5.86. The maximum absolute atomic E-state index is 5.48. The SMILES string of the molecule is CCNC(=NCc1ccc(N2CCN(C)CC2)nc1)N(C)Cc1ccccc1OC. The smallest absolute Gasteiger partial charge is 0.194 e. The molecule has 0 bridgehead atoms. The number of anilines is 1. The summed E-state index contributed by atoms with van der Waals surface area (Å²) in [6, 6.07) is 12.3. The van der Waals surface area contributed by atoms with Crippen molar-refractivity contribution in [3.63, 3.8) is 0 Å². The van der Waals surface area contributed by atoms with Crippen molar-refractivity contribution in [2.24, 2.45) is 4.99 Å². The van der Waals surface area contributed by atoms with Gasteiger partial charge in [0.15, 0.2) is 5.96 Å². The first-order chi connectivity index (χ1) is 14.6. The van der Waals surface area contributed by atoms with Gasteiger partial charge in [-0.05, 0) is 31.7 Å². The highest BCUT2D eigenvalue weighted by atomic mass is 16.5. The largest absolute Gasteiger partial charge is 0.496 e. The van der Waals surface area contributed by atoms with Gasteiger partial charge in [-0.1, -0.05) is 24.3 Å². The number of methoxy groups -OCH3 is 1. The van der Waals surface area contributed by atoms with Crippen molar-refractivity contribution in [1.82, 2.24) is 20.1 Å². The number of pyridine rings is 1. The number of piperazine rings is 1. The molecule has 7 heteroatoms. The lowest BCUT2D eigenvalue weighted by molar-refractivity contribution is 0.312. The second kappa shape index (κ2) is 10.8. The van der Waals surface area contributed by atoms with Crippen LogP contribution in [0.5, 0.6) is 5.75 Å². The first-order valence-corrected chi connectivity index (χ1v) is 10.6. The third-order valence-corrected chi connectivity index (χ3v) is 5.34. The minimum Gasteiger partial charge on any atom is -0.496 e. The van der Waals surface area contributed by atoms with Gasteiger partial charge in [-0.3, -0.25) is 0 Å². The molecule has 1 aliphatic rings. The van der Waals surface area contributed by atoms with Gasteiger partial charge in [0.1, 0.15) is 11.6 Å². The van der Waals surface area contributed by atoms with Crippen molar-refractivity contribution in [2.75, 3.05) is 58.8 Å². The number of nitrogens with zero attached hydrogens (tertiary/aromatic N) is 5. The lowest BCUT2D eigenvalue weighted by Crippen LogP contribution is -2.44. The number of hydrogen-bond acceptors (Lipinski definition) is 5. The van der Waals surface area contributed by atoms with Crippen LogP contribution in [0.4, 0.5) is 5.82 Å². The van der Waals surface area contributed by atoms with Gasteiger partial charge in [0, 0.05) is 58.1 Å². The van der Waals surface area contributed by atoms with Crippen molar-refractivity contribution >= 4 is 11.8 Å². The quantitative estimate of drug-likeness (QED) is 0.559. The summed E-state index contributed by atoms with van der Waals surface area (Å²) < 4.78 is 5.48. The van der Waals surface area contributed by atoms with Crippen molar-refractivity contribution in [2.45, 2.75) is 20.0 Å². The Labute approximate surface area is 180 Å². The molecule has 7 nitrogen and oxygen atoms in total. The average Bonchev–Trinajstić information content (AvgIpc) is 2.78. The van der Waals surface area contributed by atoms with E-state index in [2.05, 4.69) is 57.2 Å². The average molecular weight is 411 g/mol. The molecule has 0 saturated carbocycles. The fraction of sp³-hybridized carbons (Fsp3) is 0.478. The van der Waals surface area contributed by atoms with E-state index in [1.54, 1.807) is 7.11 Å². The Balaban J connectivity index is 1.63. The molecule has 0 aliphatic carbocycles. The zero-order valence-corrected chi connectivity index (χ0v) is 18.6. The highest BCUT2D eigenvalue weighted by Crippen LogP contribution is 2.19. The molecular formula is C23H34N6O. The fourth-order valence-corrected chi connectivity index (χ4v) is 3.53. The first kappa shape index (κ1) is 21.9. The Morgan fingerprint density at radius 1 is 1.17 bits per heavy atom. The molecule has 0 atom stereocenters. The van der Waals surface area contributed by atoms with E-state index >= 15 is 0 Å². The van der Waals surface area contributed by atoms with Crippen LogP contribution in [0.1, 0.15) is 18.1 Å². The van der Waals surface area contributed by atoms with Gasteiger partial charge in [-0.2, -0.15) is 0 Å². The zero-order chi connectivity index (χ0) is 21.3. The Morgan fingerprint density at radius 3 is 2.60 bits per heavy atom. The Kier molecular flexibility index (Phi) is 7.90. The molecule has 2 heterocycles. The molecule has 0 amide bonds. The van der Waals surface area contributed by atoms with Gasteiger partial charge in [-0.25, -0.2) is 9.98 Å². The second-order valence-electron chi connectivity index (χ2n) is 7.65. The van der Waals surface area contributed by atoms with Gasteiger partial charge >= 0.3 is 0 Å². The van der Waals surface area contributed by atoms with E-state index in [0.717, 1.165) is 67.9 Å². The Hall–Kier alpha value is -2.80. The number of para-hydroxylation sites is 1. The van der Waals surface area contributed by atoms with Gasteiger partial charge in [-0.15, -0.1) is 0 Å². The minimum absolute atomic E-state index is 0.592. The number of benzene rings is 1. The number of aliphatic imine (C=N–C) groups is 1. The zero-order valence-electron chi connectivity index (χ0n) is 18.6. The van der Waals surface area contributed by atoms with Crippen molar-refractivity contribution in [3.05, 3.63) is 53.7 Å². The maximum Gasteiger partial charge on any atom is 0.194 e. The van der Waals surface area contributed by atoms with Crippen LogP contribution in [-0.2, 0) is 13.1 Å². The molecule has 0 spiro atoms. The monoisotopic (exact) mass is 410 g/mol. The van der Waals surface area contributed by atoms with Crippen LogP contribution in [0, 0.1) is 0 Å². The summed E-state index contributed by atoms with van der Waals surface area (Å²) in [5.74, 6) is 2.81. The van der Waals surface area contributed by atoms with Crippen LogP contribution in [0.25, 0.3) is 0 Å². The molecule has 1 fully saturated rings. The van der Waals surface area contributed by atoms with Crippen LogP contribution >= 0.6 is 0 Å². The van der Waals surface area contributed by atoms with Crippen molar-refractivity contribution in [1.29, 1.82) is 0 Å². The second-order valence-corrected chi connectivity index (χ2v) is 7.65. The fourth-order valence-electron chi connectivity index (χ4n) is 3.53. The summed E-state index contributed by atoms with van der Waals surface area (Å²) in [6.07, 6.45) is 1.95. The summed E-state index contributed by atoms with van der Waals surface area (Å²) in [7, 11) is 5.91. The van der Waals surface area contributed by atoms with E-state index in [-0.39, 0.29) is 0 Å². The molecule has 30 heavy (non-hydrogen) atoms. The molecule has 1 saturated heterocycles. The number of rotatable bonds is 7. The highest BCUT2D eigenvalue weighted by molar-refractivity contribution is 5.79. The van der Waals surface area contributed by atoms with Gasteiger partial charge in [0.2, 0.25) is 0 Å². The predicted molar refractivity (Wildman–Crippen MR) is 123 cm³/mol. The van der Waals surface area contributed by atoms with Gasteiger partial charge in [0.05, 0.1) is 13.7 Å². The van der Waals surface area contributed by atoms with Crippen LogP contribution < -0.4 is 15.0 Å². The van der Waals surface area contributed by atoms with E-state index in [0.29, 0.717) is 6.54 Å². The Bertz CT molecular complexity index is 815. The number of ether oxygens (including phenoxy) is 1. The molecule has 3 rings (SSSR count). The van der Waals surface area contributed by atoms with E-state index in [9.17, 15) is 0 Å². The van der Waals surface area contributed by atoms with Crippen molar-refractivity contribution in [3.8, 4) is 5.75 Å². The lowest BCUT2D eigenvalue weighted by Gasteiger charge is -2.33. The number of likely N-dealkylation sites (N-methyl/N-ethyl adjacent to an activating group) is 1. The number of aromatic nitrogens is 1. The molecule has 0 unspecified atom stereocenters. The molecule has 0 radical (unpaired) electrons. The van der Waals surface area contributed by atoms with Crippen LogP contribution in [-0.4, -0.2) is 74.7 Å². The predicted octanol–water partition coefficient (Wildman–Crippen LogP) is 2.44. The van der Waals surface area contributed by atoms with Gasteiger partial charge in [0.25, 0.3) is 0 Å². The summed E-state index contributed by atoms with van der Waals surface area (Å²) in [5, 5.41) is 3.38. The summed E-state index contributed by atoms with van der Waals surface area (Å²) in [4.78, 5) is 16.3. The molecule has 1 aromatic heterocycles. The lowest BCUT2D eigenvalue weighted by atomic mass is 10.2. The summed E-state index contributed by atoms with van der Waals surface area (Å²) >= 11 is 0. The van der Waals surface area contributed by atoms with E-state index in [4.69, 9.17) is 9.73 Å². The van der Waals surface area contributed by atoms with E-state index < -0.39 is 0 Å². The molecular weight excluding hydrogens is 376 g/mol. The normalized spacial score (nSPS) is 15.2. The molecule has 162 valence electrons. The highest BCUT2D eigenvalue weighted by Gasteiger charge is 2.15. The topological polar surface area (TPSA) is 56.2 Å². The molecule has 1 aromatic carbocycles. The Morgan fingerprint density at radius 2 is 1.93 bits per heavy atom. The number of guanidine groups is 1. The standard InChI is InChI=1S/C23H34N6O/c1-5-24-23(28(3)18-20-8-6-7-9-21(20)30-4)26-17-19-10-11-22(25-16-19)29-14-12-27(2)13-15-29/h6-11,16H,5,12-15,17-18H2,1-4H3,(H,24,26). The van der Waals surface area contributed by atoms with Gasteiger partial charge < -0.3 is 24.8 Å². The third-order valence-electron chi connectivity index (χ3n) is 5.34. The molecule has 2 aromatic rings. The van der Waals surface area contributed by atoms with Crippen LogP contribution in [0.15, 0.2) is 47.6 Å².